The maximum Gasteiger partial charge on any atom is 0.321 e. The number of nitrogens with one attached hydrogen (secondary N) is 2. The monoisotopic (exact) mass is 266 g/mol. The molecule has 6 nitrogen and oxygen atoms in total. The van der Waals surface area contributed by atoms with Gasteiger partial charge in [0.2, 0.25) is 0 Å². The number of amides is 3. The zero-order valence-electron chi connectivity index (χ0n) is 10.7. The van der Waals surface area contributed by atoms with Crippen molar-refractivity contribution >= 4 is 17.9 Å². The molecule has 2 aliphatic rings. The van der Waals surface area contributed by atoms with Crippen molar-refractivity contribution in [2.75, 3.05) is 6.61 Å². The van der Waals surface area contributed by atoms with E-state index in [4.69, 9.17) is 4.74 Å². The lowest BCUT2D eigenvalue weighted by Gasteiger charge is -2.16. The van der Waals surface area contributed by atoms with Crippen molar-refractivity contribution < 1.29 is 19.1 Å². The molecule has 0 bridgehead atoms. The molecule has 0 heterocycles. The number of urea groups is 1. The normalized spacial score (nSPS) is 21.6. The summed E-state index contributed by atoms with van der Waals surface area (Å²) in [6.45, 7) is -0.406. The van der Waals surface area contributed by atoms with Gasteiger partial charge >= 0.3 is 12.0 Å². The Morgan fingerprint density at radius 2 is 1.95 bits per heavy atom. The largest absolute Gasteiger partial charge is 0.455 e. The van der Waals surface area contributed by atoms with Crippen LogP contribution in [0.4, 0.5) is 4.79 Å². The topological polar surface area (TPSA) is 84.5 Å². The van der Waals surface area contributed by atoms with Crippen molar-refractivity contribution in [3.8, 4) is 0 Å². The van der Waals surface area contributed by atoms with E-state index in [9.17, 15) is 14.4 Å². The summed E-state index contributed by atoms with van der Waals surface area (Å²) >= 11 is 0. The van der Waals surface area contributed by atoms with Crippen molar-refractivity contribution in [3.05, 3.63) is 12.2 Å². The summed E-state index contributed by atoms with van der Waals surface area (Å²) in [4.78, 5) is 34.3. The van der Waals surface area contributed by atoms with Gasteiger partial charge in [-0.25, -0.2) is 4.79 Å². The van der Waals surface area contributed by atoms with Crippen LogP contribution >= 0.6 is 0 Å². The predicted molar refractivity (Wildman–Crippen MR) is 67.1 cm³/mol. The molecule has 2 rings (SSSR count). The smallest absolute Gasteiger partial charge is 0.321 e. The molecule has 0 aromatic carbocycles. The van der Waals surface area contributed by atoms with Gasteiger partial charge < -0.3 is 10.1 Å². The highest BCUT2D eigenvalue weighted by Gasteiger charge is 2.24. The van der Waals surface area contributed by atoms with Crippen LogP contribution in [-0.4, -0.2) is 30.6 Å². The second-order valence-electron chi connectivity index (χ2n) is 4.89. The van der Waals surface area contributed by atoms with Gasteiger partial charge in [0.05, 0.1) is 5.92 Å². The molecule has 0 aliphatic heterocycles. The third-order valence-electron chi connectivity index (χ3n) is 3.11. The number of hydrogen-bond acceptors (Lipinski definition) is 4. The Hall–Kier alpha value is -1.85. The van der Waals surface area contributed by atoms with Crippen LogP contribution in [0.2, 0.25) is 0 Å². The number of hydrogen-bond donors (Lipinski definition) is 2. The molecule has 0 saturated heterocycles. The van der Waals surface area contributed by atoms with Crippen molar-refractivity contribution in [3.63, 3.8) is 0 Å². The number of carbonyl (C=O) groups is 3. The van der Waals surface area contributed by atoms with Crippen molar-refractivity contribution in [1.29, 1.82) is 0 Å². The molecule has 1 saturated carbocycles. The van der Waals surface area contributed by atoms with Gasteiger partial charge in [-0.2, -0.15) is 0 Å². The Balaban J connectivity index is 1.63. The van der Waals surface area contributed by atoms with E-state index in [1.165, 1.54) is 0 Å². The Morgan fingerprint density at radius 3 is 2.58 bits per heavy atom. The van der Waals surface area contributed by atoms with E-state index in [2.05, 4.69) is 10.6 Å². The summed E-state index contributed by atoms with van der Waals surface area (Å²) in [5.41, 5.74) is 0. The van der Waals surface area contributed by atoms with Gasteiger partial charge in [0, 0.05) is 6.04 Å². The average molecular weight is 266 g/mol. The Morgan fingerprint density at radius 1 is 1.16 bits per heavy atom. The molecular weight excluding hydrogens is 248 g/mol. The summed E-state index contributed by atoms with van der Waals surface area (Å²) in [6, 6.07) is -0.339. The molecule has 104 valence electrons. The molecule has 2 N–H and O–H groups in total. The van der Waals surface area contributed by atoms with Gasteiger partial charge in [-0.1, -0.05) is 12.2 Å². The quantitative estimate of drug-likeness (QED) is 0.584. The fourth-order valence-corrected chi connectivity index (χ4v) is 1.87. The van der Waals surface area contributed by atoms with Gasteiger partial charge in [0.1, 0.15) is 0 Å². The first-order valence-electron chi connectivity index (χ1n) is 6.57. The first kappa shape index (κ1) is 13.6. The highest BCUT2D eigenvalue weighted by atomic mass is 16.5. The molecular formula is C13H18N2O4. The number of allylic oxidation sites excluding steroid dienone is 2. The molecule has 0 radical (unpaired) electrons. The molecule has 19 heavy (non-hydrogen) atoms. The minimum Gasteiger partial charge on any atom is -0.455 e. The number of esters is 1. The van der Waals surface area contributed by atoms with E-state index in [1.807, 2.05) is 12.2 Å². The van der Waals surface area contributed by atoms with Gasteiger partial charge in [-0.05, 0) is 32.1 Å². The summed E-state index contributed by atoms with van der Waals surface area (Å²) in [5.74, 6) is -1.14. The average Bonchev–Trinajstić information content (AvgIpc) is 3.20. The molecule has 3 amide bonds. The summed E-state index contributed by atoms with van der Waals surface area (Å²) in [7, 11) is 0. The van der Waals surface area contributed by atoms with E-state index < -0.39 is 18.5 Å². The zero-order valence-corrected chi connectivity index (χ0v) is 10.7. The first-order valence-corrected chi connectivity index (χ1v) is 6.57. The third-order valence-corrected chi connectivity index (χ3v) is 3.11. The molecule has 2 aliphatic carbocycles. The van der Waals surface area contributed by atoms with Crippen molar-refractivity contribution in [2.45, 2.75) is 38.1 Å². The Kier molecular flexibility index (Phi) is 4.54. The third kappa shape index (κ3) is 4.73. The summed E-state index contributed by atoms with van der Waals surface area (Å²) in [5, 5.41) is 4.74. The second kappa shape index (κ2) is 6.36. The van der Waals surface area contributed by atoms with Crippen LogP contribution in [0.3, 0.4) is 0 Å². The standard InChI is InChI=1S/C13H18N2O4/c16-11(15-13(18)14-10-6-7-10)8-19-12(17)9-4-2-1-3-5-9/h1-2,9-10H,3-8H2,(H2,14,15,16,18)/t9-/m1/s1. The van der Waals surface area contributed by atoms with Gasteiger partial charge in [-0.15, -0.1) is 0 Å². The highest BCUT2D eigenvalue weighted by molar-refractivity contribution is 5.95. The van der Waals surface area contributed by atoms with Gasteiger partial charge in [0.15, 0.2) is 6.61 Å². The summed E-state index contributed by atoms with van der Waals surface area (Å²) in [6.07, 6.45) is 8.13. The molecule has 1 fully saturated rings. The van der Waals surface area contributed by atoms with Crippen LogP contribution in [0.25, 0.3) is 0 Å². The zero-order chi connectivity index (χ0) is 13.7. The highest BCUT2D eigenvalue weighted by Crippen LogP contribution is 2.19. The molecule has 0 spiro atoms. The van der Waals surface area contributed by atoms with Crippen LogP contribution < -0.4 is 10.6 Å². The van der Waals surface area contributed by atoms with Gasteiger partial charge in [-0.3, -0.25) is 14.9 Å². The predicted octanol–water partition coefficient (Wildman–Crippen LogP) is 0.874. The van der Waals surface area contributed by atoms with Crippen molar-refractivity contribution in [2.24, 2.45) is 5.92 Å². The van der Waals surface area contributed by atoms with Crippen LogP contribution in [0.15, 0.2) is 12.2 Å². The lowest BCUT2D eigenvalue weighted by molar-refractivity contribution is -0.152. The maximum absolute atomic E-state index is 11.6. The number of imide groups is 1. The fraction of sp³-hybridized carbons (Fsp3) is 0.615. The minimum atomic E-state index is -0.599. The lowest BCUT2D eigenvalue weighted by atomic mass is 9.95. The van der Waals surface area contributed by atoms with Crippen LogP contribution in [0, 0.1) is 5.92 Å². The van der Waals surface area contributed by atoms with Crippen LogP contribution in [0.1, 0.15) is 32.1 Å². The van der Waals surface area contributed by atoms with E-state index in [1.54, 1.807) is 0 Å². The second-order valence-corrected chi connectivity index (χ2v) is 4.89. The van der Waals surface area contributed by atoms with Crippen molar-refractivity contribution in [1.82, 2.24) is 10.6 Å². The maximum atomic E-state index is 11.6. The molecule has 0 aromatic heterocycles. The molecule has 0 aromatic rings. The lowest BCUT2D eigenvalue weighted by Crippen LogP contribution is -2.42. The molecule has 1 atom stereocenters. The van der Waals surface area contributed by atoms with E-state index >= 15 is 0 Å². The van der Waals surface area contributed by atoms with E-state index in [0.717, 1.165) is 25.7 Å². The number of rotatable bonds is 4. The van der Waals surface area contributed by atoms with Crippen LogP contribution in [0.5, 0.6) is 0 Å². The SMILES string of the molecule is O=C(COC(=O)[C@@H]1CC=CCC1)NC(=O)NC1CC1. The van der Waals surface area contributed by atoms with E-state index in [0.29, 0.717) is 6.42 Å². The molecule has 0 unspecified atom stereocenters. The molecule has 6 heteroatoms. The minimum absolute atomic E-state index is 0.168. The number of carbonyl (C=O) groups excluding carboxylic acids is 3. The first-order chi connectivity index (χ1) is 9.15. The summed E-state index contributed by atoms with van der Waals surface area (Å²) < 4.78 is 4.90. The fourth-order valence-electron chi connectivity index (χ4n) is 1.87. The number of ether oxygens (including phenoxy) is 1. The van der Waals surface area contributed by atoms with E-state index in [-0.39, 0.29) is 17.9 Å². The van der Waals surface area contributed by atoms with Crippen LogP contribution in [-0.2, 0) is 14.3 Å². The Bertz CT molecular complexity index is 401. The Labute approximate surface area is 111 Å². The van der Waals surface area contributed by atoms with Gasteiger partial charge in [0.25, 0.3) is 5.91 Å².